The van der Waals surface area contributed by atoms with Crippen LogP contribution in [0.3, 0.4) is 0 Å². The minimum atomic E-state index is -3.96. The van der Waals surface area contributed by atoms with E-state index < -0.39 is 33.8 Å². The Balaban J connectivity index is 1.66. The molecule has 0 spiro atoms. The summed E-state index contributed by atoms with van der Waals surface area (Å²) < 4.78 is 40.8. The van der Waals surface area contributed by atoms with E-state index in [-0.39, 0.29) is 30.1 Å². The van der Waals surface area contributed by atoms with E-state index in [2.05, 4.69) is 5.32 Å². The molecule has 1 unspecified atom stereocenters. The highest BCUT2D eigenvalue weighted by atomic mass is 32.2. The number of ether oxygens (including phenoxy) is 2. The van der Waals surface area contributed by atoms with Crippen molar-refractivity contribution < 1.29 is 31.7 Å². The standard InChI is InChI=1S/C28H31NO7S/c1-28(2,3)35-27(31)29-23(19-26(30)34-20-22-10-6-4-7-11-22)18-21-14-16-24(17-15-21)36-37(32,33)25-12-8-5-9-13-25/h4-17,23H,18-20H2,1-3H3,(H,29,31). The molecule has 0 aliphatic carbocycles. The zero-order chi connectivity index (χ0) is 26.9. The number of carbonyl (C=O) groups is 2. The lowest BCUT2D eigenvalue weighted by molar-refractivity contribution is -0.145. The van der Waals surface area contributed by atoms with Crippen molar-refractivity contribution in [2.24, 2.45) is 0 Å². The first-order valence-electron chi connectivity index (χ1n) is 11.8. The van der Waals surface area contributed by atoms with Gasteiger partial charge in [-0.3, -0.25) is 4.79 Å². The Labute approximate surface area is 217 Å². The van der Waals surface area contributed by atoms with Crippen LogP contribution < -0.4 is 9.50 Å². The van der Waals surface area contributed by atoms with Crippen molar-refractivity contribution in [2.45, 2.75) is 56.8 Å². The molecule has 1 atom stereocenters. The Morgan fingerprint density at radius 3 is 2.03 bits per heavy atom. The van der Waals surface area contributed by atoms with Crippen molar-refractivity contribution in [3.8, 4) is 5.75 Å². The molecule has 3 aromatic carbocycles. The number of nitrogens with one attached hydrogen (secondary N) is 1. The fraction of sp³-hybridized carbons (Fsp3) is 0.286. The van der Waals surface area contributed by atoms with Gasteiger partial charge in [-0.2, -0.15) is 8.42 Å². The summed E-state index contributed by atoms with van der Waals surface area (Å²) in [5.41, 5.74) is 0.904. The van der Waals surface area contributed by atoms with Crippen molar-refractivity contribution in [1.82, 2.24) is 5.32 Å². The summed E-state index contributed by atoms with van der Waals surface area (Å²) in [6, 6.07) is 22.9. The Kier molecular flexibility index (Phi) is 9.30. The molecule has 8 nitrogen and oxygen atoms in total. The highest BCUT2D eigenvalue weighted by Crippen LogP contribution is 2.20. The van der Waals surface area contributed by atoms with Crippen LogP contribution in [-0.2, 0) is 37.4 Å². The monoisotopic (exact) mass is 525 g/mol. The average molecular weight is 526 g/mol. The van der Waals surface area contributed by atoms with Gasteiger partial charge in [0.2, 0.25) is 0 Å². The lowest BCUT2D eigenvalue weighted by Gasteiger charge is -2.23. The van der Waals surface area contributed by atoms with E-state index in [1.807, 2.05) is 30.3 Å². The molecule has 9 heteroatoms. The molecule has 0 aromatic heterocycles. The van der Waals surface area contributed by atoms with Gasteiger partial charge in [-0.25, -0.2) is 4.79 Å². The smallest absolute Gasteiger partial charge is 0.407 e. The summed E-state index contributed by atoms with van der Waals surface area (Å²) in [6.07, 6.45) is -0.444. The van der Waals surface area contributed by atoms with Crippen LogP contribution in [0.4, 0.5) is 4.79 Å². The van der Waals surface area contributed by atoms with Gasteiger partial charge in [0.1, 0.15) is 22.9 Å². The van der Waals surface area contributed by atoms with Crippen molar-refractivity contribution in [3.05, 3.63) is 96.1 Å². The van der Waals surface area contributed by atoms with Gasteiger partial charge >= 0.3 is 22.2 Å². The van der Waals surface area contributed by atoms with Crippen LogP contribution >= 0.6 is 0 Å². The van der Waals surface area contributed by atoms with Crippen LogP contribution in [0.15, 0.2) is 89.8 Å². The molecule has 0 aliphatic heterocycles. The second-order valence-electron chi connectivity index (χ2n) is 9.39. The van der Waals surface area contributed by atoms with Crippen molar-refractivity contribution in [2.75, 3.05) is 0 Å². The molecule has 1 N–H and O–H groups in total. The minimum absolute atomic E-state index is 0.0507. The van der Waals surface area contributed by atoms with Crippen LogP contribution in [0.1, 0.15) is 38.3 Å². The Bertz CT molecular complexity index is 1270. The van der Waals surface area contributed by atoms with Crippen LogP contribution in [0.5, 0.6) is 5.75 Å². The summed E-state index contributed by atoms with van der Waals surface area (Å²) >= 11 is 0. The van der Waals surface area contributed by atoms with E-state index in [9.17, 15) is 18.0 Å². The number of rotatable bonds is 10. The third-order valence-electron chi connectivity index (χ3n) is 5.02. The molecule has 0 saturated heterocycles. The van der Waals surface area contributed by atoms with Crippen LogP contribution in [-0.4, -0.2) is 32.1 Å². The number of carbonyl (C=O) groups excluding carboxylic acids is 2. The second kappa shape index (κ2) is 12.4. The summed E-state index contributed by atoms with van der Waals surface area (Å²) in [5.74, 6) is -0.328. The molecule has 0 heterocycles. The van der Waals surface area contributed by atoms with Gasteiger partial charge in [-0.1, -0.05) is 60.7 Å². The zero-order valence-corrected chi connectivity index (χ0v) is 21.9. The molecular formula is C28H31NO7S. The lowest BCUT2D eigenvalue weighted by Crippen LogP contribution is -2.41. The molecule has 3 rings (SSSR count). The lowest BCUT2D eigenvalue weighted by atomic mass is 10.0. The van der Waals surface area contributed by atoms with Crippen molar-refractivity contribution in [3.63, 3.8) is 0 Å². The second-order valence-corrected chi connectivity index (χ2v) is 10.9. The predicted octanol–water partition coefficient (Wildman–Crippen LogP) is 5.02. The predicted molar refractivity (Wildman–Crippen MR) is 138 cm³/mol. The van der Waals surface area contributed by atoms with Gasteiger partial charge in [0.05, 0.1) is 6.42 Å². The van der Waals surface area contributed by atoms with E-state index in [4.69, 9.17) is 13.7 Å². The van der Waals surface area contributed by atoms with Crippen molar-refractivity contribution in [1.29, 1.82) is 0 Å². The normalized spacial score (nSPS) is 12.3. The molecule has 0 radical (unpaired) electrons. The largest absolute Gasteiger partial charge is 0.461 e. The van der Waals surface area contributed by atoms with E-state index >= 15 is 0 Å². The van der Waals surface area contributed by atoms with Gasteiger partial charge in [0, 0.05) is 6.04 Å². The Morgan fingerprint density at radius 2 is 1.43 bits per heavy atom. The number of alkyl carbamates (subject to hydrolysis) is 1. The van der Waals surface area contributed by atoms with Crippen LogP contribution in [0.2, 0.25) is 0 Å². The number of hydrogen-bond donors (Lipinski definition) is 1. The molecular weight excluding hydrogens is 494 g/mol. The highest BCUT2D eigenvalue weighted by Gasteiger charge is 2.23. The average Bonchev–Trinajstić information content (AvgIpc) is 2.84. The molecule has 0 saturated carbocycles. The molecule has 0 fully saturated rings. The van der Waals surface area contributed by atoms with Gasteiger partial charge in [0.25, 0.3) is 0 Å². The van der Waals surface area contributed by atoms with Crippen LogP contribution in [0, 0.1) is 0 Å². The number of esters is 1. The van der Waals surface area contributed by atoms with E-state index in [0.29, 0.717) is 0 Å². The molecule has 1 amide bonds. The molecule has 3 aromatic rings. The molecule has 0 bridgehead atoms. The maximum Gasteiger partial charge on any atom is 0.407 e. The third kappa shape index (κ3) is 9.61. The van der Waals surface area contributed by atoms with Gasteiger partial charge in [-0.15, -0.1) is 0 Å². The van der Waals surface area contributed by atoms with E-state index in [0.717, 1.165) is 11.1 Å². The summed E-state index contributed by atoms with van der Waals surface area (Å²) in [5, 5.41) is 2.74. The number of hydrogen-bond acceptors (Lipinski definition) is 7. The first kappa shape index (κ1) is 27.7. The maximum absolute atomic E-state index is 12.5. The first-order valence-corrected chi connectivity index (χ1v) is 13.2. The zero-order valence-electron chi connectivity index (χ0n) is 21.0. The van der Waals surface area contributed by atoms with E-state index in [1.165, 1.54) is 24.3 Å². The summed E-state index contributed by atoms with van der Waals surface area (Å²) in [7, 11) is -3.96. The third-order valence-corrected chi connectivity index (χ3v) is 6.28. The SMILES string of the molecule is CC(C)(C)OC(=O)NC(CC(=O)OCc1ccccc1)Cc1ccc(OS(=O)(=O)c2ccccc2)cc1. The summed E-state index contributed by atoms with van der Waals surface area (Å²) in [6.45, 7) is 5.37. The fourth-order valence-corrected chi connectivity index (χ4v) is 4.33. The summed E-state index contributed by atoms with van der Waals surface area (Å²) in [4.78, 5) is 25.0. The molecule has 196 valence electrons. The quantitative estimate of drug-likeness (QED) is 0.292. The van der Waals surface area contributed by atoms with Gasteiger partial charge in [-0.05, 0) is 62.6 Å². The van der Waals surface area contributed by atoms with E-state index in [1.54, 1.807) is 51.1 Å². The Hall–Kier alpha value is -3.85. The fourth-order valence-electron chi connectivity index (χ4n) is 3.37. The number of amides is 1. The minimum Gasteiger partial charge on any atom is -0.461 e. The van der Waals surface area contributed by atoms with Gasteiger partial charge < -0.3 is 19.0 Å². The highest BCUT2D eigenvalue weighted by molar-refractivity contribution is 7.87. The first-order chi connectivity index (χ1) is 17.5. The topological polar surface area (TPSA) is 108 Å². The Morgan fingerprint density at radius 1 is 0.838 bits per heavy atom. The maximum atomic E-state index is 12.5. The number of benzene rings is 3. The van der Waals surface area contributed by atoms with Gasteiger partial charge in [0.15, 0.2) is 0 Å². The van der Waals surface area contributed by atoms with Crippen molar-refractivity contribution >= 4 is 22.2 Å². The molecule has 0 aliphatic rings. The van der Waals surface area contributed by atoms with Crippen LogP contribution in [0.25, 0.3) is 0 Å². The molecule has 37 heavy (non-hydrogen) atoms.